The fraction of sp³-hybridized carbons (Fsp3) is 0.571. The van der Waals surface area contributed by atoms with Crippen LogP contribution in [0.1, 0.15) is 13.8 Å². The van der Waals surface area contributed by atoms with Crippen LogP contribution >= 0.6 is 11.8 Å². The second kappa shape index (κ2) is 7.02. The van der Waals surface area contributed by atoms with E-state index in [1.165, 1.54) is 0 Å². The van der Waals surface area contributed by atoms with Crippen molar-refractivity contribution in [2.24, 2.45) is 0 Å². The van der Waals surface area contributed by atoms with Crippen LogP contribution in [-0.2, 0) is 4.74 Å². The van der Waals surface area contributed by atoms with Crippen LogP contribution in [-0.4, -0.2) is 38.7 Å². The number of methoxy groups -OCH3 is 2. The van der Waals surface area contributed by atoms with Gasteiger partial charge in [-0.1, -0.05) is 12.1 Å². The highest BCUT2D eigenvalue weighted by Gasteiger charge is 2.28. The van der Waals surface area contributed by atoms with Crippen molar-refractivity contribution in [2.45, 2.75) is 30.4 Å². The number of benzene rings is 1. The van der Waals surface area contributed by atoms with E-state index in [2.05, 4.69) is 25.2 Å². The molecule has 102 valence electrons. The van der Waals surface area contributed by atoms with Crippen LogP contribution in [0.3, 0.4) is 0 Å². The summed E-state index contributed by atoms with van der Waals surface area (Å²) in [4.78, 5) is 1.16. The lowest BCUT2D eigenvalue weighted by molar-refractivity contribution is -0.00155. The molecule has 1 aromatic carbocycles. The lowest BCUT2D eigenvalue weighted by Crippen LogP contribution is -2.48. The van der Waals surface area contributed by atoms with Gasteiger partial charge in [-0.2, -0.15) is 0 Å². The van der Waals surface area contributed by atoms with E-state index in [0.717, 1.165) is 16.4 Å². The van der Waals surface area contributed by atoms with Crippen molar-refractivity contribution in [1.29, 1.82) is 0 Å². The first-order chi connectivity index (χ1) is 8.55. The second-order valence-corrected chi connectivity index (χ2v) is 5.67. The number of rotatable bonds is 7. The Morgan fingerprint density at radius 3 is 2.50 bits per heavy atom. The van der Waals surface area contributed by atoms with Crippen molar-refractivity contribution < 1.29 is 9.47 Å². The van der Waals surface area contributed by atoms with Gasteiger partial charge in [-0.05, 0) is 33.0 Å². The van der Waals surface area contributed by atoms with Crippen LogP contribution < -0.4 is 10.1 Å². The van der Waals surface area contributed by atoms with E-state index < -0.39 is 0 Å². The van der Waals surface area contributed by atoms with Crippen LogP contribution in [0.4, 0.5) is 0 Å². The Labute approximate surface area is 114 Å². The van der Waals surface area contributed by atoms with Crippen molar-refractivity contribution in [3.05, 3.63) is 24.3 Å². The van der Waals surface area contributed by atoms with Gasteiger partial charge >= 0.3 is 0 Å². The molecule has 1 aromatic rings. The molecule has 0 radical (unpaired) electrons. The fourth-order valence-electron chi connectivity index (χ4n) is 1.69. The molecule has 1 atom stereocenters. The van der Waals surface area contributed by atoms with E-state index >= 15 is 0 Å². The standard InChI is InChI=1S/C14H23NO2S/c1-14(2,17-5)13(15-3)10-18-12-9-7-6-8-11(12)16-4/h6-9,13,15H,10H2,1-5H3. The highest BCUT2D eigenvalue weighted by Crippen LogP contribution is 2.30. The Balaban J connectivity index is 2.68. The van der Waals surface area contributed by atoms with Crippen LogP contribution in [0, 0.1) is 0 Å². The molecular weight excluding hydrogens is 246 g/mol. The van der Waals surface area contributed by atoms with Crippen LogP contribution in [0.2, 0.25) is 0 Å². The van der Waals surface area contributed by atoms with Crippen molar-refractivity contribution in [3.63, 3.8) is 0 Å². The summed E-state index contributed by atoms with van der Waals surface area (Å²) in [5.74, 6) is 1.85. The first-order valence-corrected chi connectivity index (χ1v) is 7.02. The monoisotopic (exact) mass is 269 g/mol. The molecule has 0 spiro atoms. The van der Waals surface area contributed by atoms with E-state index in [9.17, 15) is 0 Å². The maximum atomic E-state index is 5.53. The summed E-state index contributed by atoms with van der Waals surface area (Å²) in [5.41, 5.74) is -0.191. The average Bonchev–Trinajstić information content (AvgIpc) is 2.39. The van der Waals surface area contributed by atoms with E-state index in [-0.39, 0.29) is 11.6 Å². The number of ether oxygens (including phenoxy) is 2. The van der Waals surface area contributed by atoms with Crippen molar-refractivity contribution >= 4 is 11.8 Å². The molecule has 0 aliphatic carbocycles. The molecule has 0 aliphatic heterocycles. The van der Waals surface area contributed by atoms with Gasteiger partial charge in [0, 0.05) is 23.8 Å². The molecule has 1 N–H and O–H groups in total. The minimum Gasteiger partial charge on any atom is -0.496 e. The predicted octanol–water partition coefficient (Wildman–Crippen LogP) is 2.80. The van der Waals surface area contributed by atoms with Gasteiger partial charge in [0.25, 0.3) is 0 Å². The van der Waals surface area contributed by atoms with Gasteiger partial charge in [-0.25, -0.2) is 0 Å². The van der Waals surface area contributed by atoms with Gasteiger partial charge in [0.2, 0.25) is 0 Å². The number of hydrogen-bond acceptors (Lipinski definition) is 4. The summed E-state index contributed by atoms with van der Waals surface area (Å²) in [6.07, 6.45) is 0. The van der Waals surface area contributed by atoms with Crippen LogP contribution in [0.5, 0.6) is 5.75 Å². The summed E-state index contributed by atoms with van der Waals surface area (Å²) >= 11 is 1.78. The van der Waals surface area contributed by atoms with Crippen LogP contribution in [0.25, 0.3) is 0 Å². The Morgan fingerprint density at radius 1 is 1.28 bits per heavy atom. The molecule has 0 saturated heterocycles. The number of likely N-dealkylation sites (N-methyl/N-ethyl adjacent to an activating group) is 1. The highest BCUT2D eigenvalue weighted by molar-refractivity contribution is 7.99. The molecule has 0 bridgehead atoms. The number of nitrogens with one attached hydrogen (secondary N) is 1. The highest BCUT2D eigenvalue weighted by atomic mass is 32.2. The molecule has 3 nitrogen and oxygen atoms in total. The number of thioether (sulfide) groups is 1. The zero-order valence-corrected chi connectivity index (χ0v) is 12.6. The van der Waals surface area contributed by atoms with Crippen LogP contribution in [0.15, 0.2) is 29.2 Å². The average molecular weight is 269 g/mol. The maximum absolute atomic E-state index is 5.53. The van der Waals surface area contributed by atoms with Gasteiger partial charge < -0.3 is 14.8 Å². The van der Waals surface area contributed by atoms with E-state index in [1.54, 1.807) is 26.0 Å². The SMILES string of the molecule is CNC(CSc1ccccc1OC)C(C)(C)OC. The topological polar surface area (TPSA) is 30.5 Å². The first-order valence-electron chi connectivity index (χ1n) is 6.03. The minimum absolute atomic E-state index is 0.191. The Morgan fingerprint density at radius 2 is 1.94 bits per heavy atom. The molecule has 0 aromatic heterocycles. The normalized spacial score (nSPS) is 13.4. The number of para-hydroxylation sites is 1. The molecule has 4 heteroatoms. The Hall–Kier alpha value is -0.710. The van der Waals surface area contributed by atoms with Crippen molar-refractivity contribution in [1.82, 2.24) is 5.32 Å². The summed E-state index contributed by atoms with van der Waals surface area (Å²) in [6.45, 7) is 4.19. The summed E-state index contributed by atoms with van der Waals surface area (Å²) in [6, 6.07) is 8.35. The molecule has 1 unspecified atom stereocenters. The van der Waals surface area contributed by atoms with E-state index in [4.69, 9.17) is 9.47 Å². The lowest BCUT2D eigenvalue weighted by atomic mass is 10.0. The first kappa shape index (κ1) is 15.3. The predicted molar refractivity (Wildman–Crippen MR) is 77.7 cm³/mol. The molecule has 0 saturated carbocycles. The quantitative estimate of drug-likeness (QED) is 0.771. The maximum Gasteiger partial charge on any atom is 0.132 e. The Bertz CT molecular complexity index is 369. The molecule has 18 heavy (non-hydrogen) atoms. The van der Waals surface area contributed by atoms with Crippen molar-refractivity contribution in [2.75, 3.05) is 27.0 Å². The summed E-state index contributed by atoms with van der Waals surface area (Å²) in [7, 11) is 5.42. The zero-order valence-electron chi connectivity index (χ0n) is 11.8. The third-order valence-corrected chi connectivity index (χ3v) is 4.34. The summed E-state index contributed by atoms with van der Waals surface area (Å²) < 4.78 is 10.9. The van der Waals surface area contributed by atoms with Gasteiger partial charge in [-0.3, -0.25) is 0 Å². The summed E-state index contributed by atoms with van der Waals surface area (Å²) in [5, 5.41) is 3.31. The second-order valence-electron chi connectivity index (χ2n) is 4.61. The third-order valence-electron chi connectivity index (χ3n) is 3.19. The molecule has 0 fully saturated rings. The van der Waals surface area contributed by atoms with Crippen molar-refractivity contribution in [3.8, 4) is 5.75 Å². The zero-order chi connectivity index (χ0) is 13.6. The van der Waals surface area contributed by atoms with Gasteiger partial charge in [0.15, 0.2) is 0 Å². The molecular formula is C14H23NO2S. The largest absolute Gasteiger partial charge is 0.496 e. The third kappa shape index (κ3) is 3.90. The lowest BCUT2D eigenvalue weighted by Gasteiger charge is -2.32. The minimum atomic E-state index is -0.191. The number of hydrogen-bond donors (Lipinski definition) is 1. The fourth-order valence-corrected chi connectivity index (χ4v) is 3.07. The molecule has 0 heterocycles. The van der Waals surface area contributed by atoms with Gasteiger partial charge in [0.05, 0.1) is 12.7 Å². The van der Waals surface area contributed by atoms with E-state index in [1.807, 2.05) is 25.2 Å². The van der Waals surface area contributed by atoms with Gasteiger partial charge in [0.1, 0.15) is 5.75 Å². The molecule has 1 rings (SSSR count). The van der Waals surface area contributed by atoms with Gasteiger partial charge in [-0.15, -0.1) is 11.8 Å². The molecule has 0 amide bonds. The Kier molecular flexibility index (Phi) is 5.99. The molecule has 0 aliphatic rings. The smallest absolute Gasteiger partial charge is 0.132 e. The van der Waals surface area contributed by atoms with E-state index in [0.29, 0.717) is 0 Å².